The summed E-state index contributed by atoms with van der Waals surface area (Å²) >= 11 is 1.28. The van der Waals surface area contributed by atoms with Crippen LogP contribution in [0.4, 0.5) is 5.13 Å². The molecule has 1 unspecified atom stereocenters. The Morgan fingerprint density at radius 1 is 1.33 bits per heavy atom. The monoisotopic (exact) mass is 408 g/mol. The Morgan fingerprint density at radius 3 is 2.56 bits per heavy atom. The van der Waals surface area contributed by atoms with Crippen molar-refractivity contribution in [3.8, 4) is 0 Å². The number of nitrogens with zero attached hydrogens (tertiary/aromatic N) is 1. The lowest BCUT2D eigenvalue weighted by Gasteiger charge is -2.16. The zero-order chi connectivity index (χ0) is 19.8. The maximum absolute atomic E-state index is 12.4. The molecule has 0 saturated carbocycles. The molecule has 1 aliphatic rings. The lowest BCUT2D eigenvalue weighted by molar-refractivity contribution is -0.139. The van der Waals surface area contributed by atoms with Gasteiger partial charge in [-0.2, -0.15) is 0 Å². The van der Waals surface area contributed by atoms with Crippen LogP contribution in [0.15, 0.2) is 41.1 Å². The number of ether oxygens (including phenoxy) is 2. The van der Waals surface area contributed by atoms with Gasteiger partial charge in [0.2, 0.25) is 0 Å². The van der Waals surface area contributed by atoms with Gasteiger partial charge in [0.25, 0.3) is 5.91 Å². The molecule has 0 radical (unpaired) electrons. The number of benzene rings is 1. The van der Waals surface area contributed by atoms with Crippen LogP contribution in [0.3, 0.4) is 0 Å². The van der Waals surface area contributed by atoms with Crippen LogP contribution in [0.25, 0.3) is 5.57 Å². The number of hydrogen-bond acceptors (Lipinski definition) is 7. The molecule has 0 spiro atoms. The number of carbonyl (C=O) groups is 1. The van der Waals surface area contributed by atoms with E-state index in [1.165, 1.54) is 23.5 Å². The Kier molecular flexibility index (Phi) is 5.22. The zero-order valence-electron chi connectivity index (χ0n) is 15.2. The van der Waals surface area contributed by atoms with Gasteiger partial charge >= 0.3 is 0 Å². The fourth-order valence-corrected chi connectivity index (χ4v) is 3.91. The first-order valence-corrected chi connectivity index (χ1v) is 10.9. The van der Waals surface area contributed by atoms with E-state index in [4.69, 9.17) is 9.47 Å². The van der Waals surface area contributed by atoms with Crippen molar-refractivity contribution in [3.63, 3.8) is 0 Å². The third-order valence-electron chi connectivity index (χ3n) is 3.99. The molecule has 27 heavy (non-hydrogen) atoms. The van der Waals surface area contributed by atoms with Gasteiger partial charge in [0.1, 0.15) is 6.10 Å². The van der Waals surface area contributed by atoms with Gasteiger partial charge in [-0.15, -0.1) is 11.3 Å². The minimum atomic E-state index is -3.29. The van der Waals surface area contributed by atoms with Crippen molar-refractivity contribution in [2.45, 2.75) is 30.6 Å². The van der Waals surface area contributed by atoms with Crippen LogP contribution in [0.2, 0.25) is 0 Å². The fraction of sp³-hybridized carbons (Fsp3) is 0.333. The third kappa shape index (κ3) is 4.62. The number of hydrogen-bond donors (Lipinski definition) is 1. The van der Waals surface area contributed by atoms with Crippen molar-refractivity contribution in [3.05, 3.63) is 47.5 Å². The summed E-state index contributed by atoms with van der Waals surface area (Å²) in [7, 11) is -3.29. The normalized spacial score (nSPS) is 19.0. The third-order valence-corrected chi connectivity index (χ3v) is 5.89. The number of anilines is 1. The molecule has 3 rings (SSSR count). The standard InChI is InChI=1S/C18H20N2O5S2/c1-11(12-5-7-13(8-6-12)27(4,22)23)16(21)20-17-19-14(10-26-17)15-9-24-18(2,3)25-15/h5-8,10,15H,1,9H2,2-4H3,(H,19,20,21). The van der Waals surface area contributed by atoms with Crippen LogP contribution >= 0.6 is 11.3 Å². The number of carbonyl (C=O) groups excluding carboxylic acids is 1. The number of aromatic nitrogens is 1. The summed E-state index contributed by atoms with van der Waals surface area (Å²) in [5.74, 6) is -1.06. The average Bonchev–Trinajstić information content (AvgIpc) is 3.19. The summed E-state index contributed by atoms with van der Waals surface area (Å²) in [5.41, 5.74) is 1.45. The van der Waals surface area contributed by atoms with Crippen LogP contribution in [0.1, 0.15) is 31.2 Å². The molecule has 2 aromatic rings. The van der Waals surface area contributed by atoms with Gasteiger partial charge in [-0.3, -0.25) is 10.1 Å². The van der Waals surface area contributed by atoms with E-state index in [9.17, 15) is 13.2 Å². The molecule has 1 aromatic carbocycles. The molecule has 9 heteroatoms. The molecular formula is C18H20N2O5S2. The maximum atomic E-state index is 12.4. The van der Waals surface area contributed by atoms with Crippen molar-refractivity contribution >= 4 is 37.8 Å². The lowest BCUT2D eigenvalue weighted by atomic mass is 10.1. The summed E-state index contributed by atoms with van der Waals surface area (Å²) in [4.78, 5) is 17.0. The molecule has 7 nitrogen and oxygen atoms in total. The second kappa shape index (κ2) is 7.16. The quantitative estimate of drug-likeness (QED) is 0.764. The van der Waals surface area contributed by atoms with Crippen LogP contribution < -0.4 is 5.32 Å². The van der Waals surface area contributed by atoms with Crippen LogP contribution in [-0.2, 0) is 24.1 Å². The molecule has 1 N–H and O–H groups in total. The highest BCUT2D eigenvalue weighted by molar-refractivity contribution is 7.90. The van der Waals surface area contributed by atoms with E-state index >= 15 is 0 Å². The first-order chi connectivity index (χ1) is 12.5. The fourth-order valence-electron chi connectivity index (χ4n) is 2.53. The number of thiazole rings is 1. The Morgan fingerprint density at radius 2 is 2.00 bits per heavy atom. The van der Waals surface area contributed by atoms with Crippen molar-refractivity contribution < 1.29 is 22.7 Å². The SMILES string of the molecule is C=C(C(=O)Nc1nc(C2COC(C)(C)O2)cs1)c1ccc(S(C)(=O)=O)cc1. The summed E-state index contributed by atoms with van der Waals surface area (Å²) in [6.07, 6.45) is 0.859. The second-order valence-electron chi connectivity index (χ2n) is 6.62. The molecule has 2 heterocycles. The summed E-state index contributed by atoms with van der Waals surface area (Å²) in [6.45, 7) is 7.86. The number of amides is 1. The molecule has 1 fully saturated rings. The van der Waals surface area contributed by atoms with Gasteiger partial charge in [-0.1, -0.05) is 18.7 Å². The van der Waals surface area contributed by atoms with Crippen LogP contribution in [0, 0.1) is 0 Å². The van der Waals surface area contributed by atoms with Crippen molar-refractivity contribution in [1.29, 1.82) is 0 Å². The first kappa shape index (κ1) is 19.7. The highest BCUT2D eigenvalue weighted by atomic mass is 32.2. The minimum Gasteiger partial charge on any atom is -0.347 e. The van der Waals surface area contributed by atoms with Crippen molar-refractivity contribution in [2.24, 2.45) is 0 Å². The molecule has 0 aliphatic carbocycles. The lowest BCUT2D eigenvalue weighted by Crippen LogP contribution is -2.19. The van der Waals surface area contributed by atoms with Crippen molar-refractivity contribution in [1.82, 2.24) is 4.98 Å². The van der Waals surface area contributed by atoms with Crippen LogP contribution in [0.5, 0.6) is 0 Å². The van der Waals surface area contributed by atoms with Gasteiger partial charge in [-0.05, 0) is 31.5 Å². The predicted octanol–water partition coefficient (Wildman–Crippen LogP) is 3.02. The van der Waals surface area contributed by atoms with E-state index in [1.54, 1.807) is 12.1 Å². The highest BCUT2D eigenvalue weighted by Gasteiger charge is 2.34. The largest absolute Gasteiger partial charge is 0.347 e. The Bertz CT molecular complexity index is 977. The van der Waals surface area contributed by atoms with E-state index in [1.807, 2.05) is 19.2 Å². The minimum absolute atomic E-state index is 0.186. The van der Waals surface area contributed by atoms with Gasteiger partial charge in [0.05, 0.1) is 17.2 Å². The molecule has 1 amide bonds. The van der Waals surface area contributed by atoms with E-state index < -0.39 is 21.5 Å². The Balaban J connectivity index is 1.66. The Labute approximate surface area is 162 Å². The zero-order valence-corrected chi connectivity index (χ0v) is 16.8. The van der Waals surface area contributed by atoms with E-state index in [0.29, 0.717) is 23.0 Å². The summed E-state index contributed by atoms with van der Waals surface area (Å²) < 4.78 is 34.3. The molecule has 1 atom stereocenters. The molecule has 1 aliphatic heterocycles. The second-order valence-corrected chi connectivity index (χ2v) is 9.50. The van der Waals surface area contributed by atoms with E-state index in [-0.39, 0.29) is 16.6 Å². The molecule has 1 aromatic heterocycles. The summed E-state index contributed by atoms with van der Waals surface area (Å²) in [6, 6.07) is 6.00. The van der Waals surface area contributed by atoms with Gasteiger partial charge in [0, 0.05) is 17.2 Å². The average molecular weight is 409 g/mol. The van der Waals surface area contributed by atoms with Gasteiger partial charge in [-0.25, -0.2) is 13.4 Å². The highest BCUT2D eigenvalue weighted by Crippen LogP contribution is 2.34. The smallest absolute Gasteiger partial charge is 0.257 e. The van der Waals surface area contributed by atoms with E-state index in [2.05, 4.69) is 16.9 Å². The number of sulfone groups is 1. The Hall–Kier alpha value is -2.07. The molecule has 1 saturated heterocycles. The number of rotatable bonds is 5. The molecule has 144 valence electrons. The van der Waals surface area contributed by atoms with Crippen LogP contribution in [-0.4, -0.2) is 38.0 Å². The maximum Gasteiger partial charge on any atom is 0.257 e. The van der Waals surface area contributed by atoms with Crippen molar-refractivity contribution in [2.75, 3.05) is 18.2 Å². The molecular weight excluding hydrogens is 388 g/mol. The molecule has 0 bridgehead atoms. The predicted molar refractivity (Wildman–Crippen MR) is 103 cm³/mol. The number of nitrogens with one attached hydrogen (secondary N) is 1. The van der Waals surface area contributed by atoms with Gasteiger partial charge in [0.15, 0.2) is 20.8 Å². The topological polar surface area (TPSA) is 94.6 Å². The van der Waals surface area contributed by atoms with E-state index in [0.717, 1.165) is 6.26 Å². The first-order valence-electron chi connectivity index (χ1n) is 8.13. The van der Waals surface area contributed by atoms with Gasteiger partial charge < -0.3 is 9.47 Å². The summed E-state index contributed by atoms with van der Waals surface area (Å²) in [5, 5.41) is 4.95.